The summed E-state index contributed by atoms with van der Waals surface area (Å²) in [6.07, 6.45) is 4.74. The molecule has 0 spiro atoms. The molecule has 2 aromatic rings. The van der Waals surface area contributed by atoms with Gasteiger partial charge in [0.15, 0.2) is 0 Å². The molecule has 0 bridgehead atoms. The van der Waals surface area contributed by atoms with Crippen molar-refractivity contribution >= 4 is 14.1 Å². The summed E-state index contributed by atoms with van der Waals surface area (Å²) in [6.45, 7) is 5.02. The molecule has 0 nitrogen and oxygen atoms in total. The van der Waals surface area contributed by atoms with Crippen LogP contribution in [0.15, 0.2) is 60.7 Å². The number of benzene rings is 2. The topological polar surface area (TPSA) is 0 Å². The van der Waals surface area contributed by atoms with Crippen LogP contribution in [-0.2, 0) is 6.04 Å². The van der Waals surface area contributed by atoms with E-state index in [1.165, 1.54) is 22.7 Å². The van der Waals surface area contributed by atoms with Crippen LogP contribution in [0, 0.1) is 39.9 Å². The Hall–Kier alpha value is -0.278. The first-order chi connectivity index (χ1) is 9.17. The first-order valence-electron chi connectivity index (χ1n) is 6.98. The summed E-state index contributed by atoms with van der Waals surface area (Å²) in [5.74, 6) is 0. The summed E-state index contributed by atoms with van der Waals surface area (Å²) in [4.78, 5) is 0. The van der Waals surface area contributed by atoms with E-state index in [9.17, 15) is 0 Å². The second kappa shape index (κ2) is 6.66. The van der Waals surface area contributed by atoms with Crippen LogP contribution in [-0.4, -0.2) is 8.07 Å². The molecule has 0 heterocycles. The van der Waals surface area contributed by atoms with Gasteiger partial charge < -0.3 is 0 Å². The largest absolute Gasteiger partial charge is 0.0791 e. The summed E-state index contributed by atoms with van der Waals surface area (Å²) < 4.78 is 0. The van der Waals surface area contributed by atoms with Crippen LogP contribution in [0.1, 0.15) is 22.2 Å². The molecule has 3 rings (SSSR count). The summed E-state index contributed by atoms with van der Waals surface area (Å²) in [5.41, 5.74) is 5.09. The maximum Gasteiger partial charge on any atom is 0.0639 e. The Morgan fingerprint density at radius 3 is 2.30 bits per heavy atom. The van der Waals surface area contributed by atoms with E-state index in [0.29, 0.717) is 5.54 Å². The van der Waals surface area contributed by atoms with Crippen LogP contribution in [0.25, 0.3) is 6.08 Å². The quantitative estimate of drug-likeness (QED) is 0.623. The van der Waals surface area contributed by atoms with Gasteiger partial charge in [0, 0.05) is 39.9 Å². The van der Waals surface area contributed by atoms with Gasteiger partial charge in [0.1, 0.15) is 0 Å². The molecular weight excluding hydrogens is 402 g/mol. The molecule has 1 aliphatic rings. The Balaban J connectivity index is 0.00000147. The van der Waals surface area contributed by atoms with Gasteiger partial charge in [-0.25, -0.2) is 0 Å². The van der Waals surface area contributed by atoms with Crippen molar-refractivity contribution in [1.82, 2.24) is 0 Å². The van der Waals surface area contributed by atoms with Crippen LogP contribution in [0.5, 0.6) is 0 Å². The number of hydrogen-bond acceptors (Lipinski definition) is 0. The van der Waals surface area contributed by atoms with Crippen LogP contribution < -0.4 is 0 Å². The first-order valence-corrected chi connectivity index (χ1v) is 10.3. The van der Waals surface area contributed by atoms with E-state index < -0.39 is 8.07 Å². The molecule has 0 N–H and O–H groups in total. The minimum atomic E-state index is -1.35. The number of fused-ring (bicyclic) bond motifs is 1. The summed E-state index contributed by atoms with van der Waals surface area (Å²) in [5, 5.41) is 0. The van der Waals surface area contributed by atoms with Crippen molar-refractivity contribution in [1.29, 1.82) is 0 Å². The van der Waals surface area contributed by atoms with Crippen molar-refractivity contribution in [3.05, 3.63) is 77.4 Å². The Labute approximate surface area is 155 Å². The minimum Gasteiger partial charge on any atom is -0.0791 e. The standard InChI is InChI=1S/C18H20Si.Gd/c1-19(2,14-15-8-4-3-5-9-15)18-13-12-16-10-6-7-11-17(16)18;/h3-13,18H,14H2,1-2H3;. The van der Waals surface area contributed by atoms with E-state index in [0.717, 1.165) is 0 Å². The van der Waals surface area contributed by atoms with E-state index in [1.54, 1.807) is 0 Å². The Morgan fingerprint density at radius 1 is 0.900 bits per heavy atom. The summed E-state index contributed by atoms with van der Waals surface area (Å²) in [6, 6.07) is 21.0. The van der Waals surface area contributed by atoms with Gasteiger partial charge in [0.25, 0.3) is 0 Å². The fourth-order valence-corrected chi connectivity index (χ4v) is 6.39. The summed E-state index contributed by atoms with van der Waals surface area (Å²) in [7, 11) is -1.35. The van der Waals surface area contributed by atoms with E-state index in [4.69, 9.17) is 0 Å². The number of allylic oxidation sites excluding steroid dienone is 1. The third-order valence-corrected chi connectivity index (χ3v) is 7.65. The predicted molar refractivity (Wildman–Crippen MR) is 85.8 cm³/mol. The van der Waals surface area contributed by atoms with Gasteiger partial charge in [-0.05, 0) is 22.7 Å². The van der Waals surface area contributed by atoms with Crippen molar-refractivity contribution in [3.8, 4) is 0 Å². The average Bonchev–Trinajstić information content (AvgIpc) is 2.84. The normalized spacial score (nSPS) is 16.6. The van der Waals surface area contributed by atoms with Crippen LogP contribution >= 0.6 is 0 Å². The second-order valence-corrected chi connectivity index (χ2v) is 11.1. The molecule has 1 aliphatic carbocycles. The molecular formula is C18H20GdSi. The third kappa shape index (κ3) is 3.30. The maximum atomic E-state index is 2.51. The van der Waals surface area contributed by atoms with E-state index in [1.807, 2.05) is 0 Å². The molecule has 1 atom stereocenters. The molecule has 104 valence electrons. The van der Waals surface area contributed by atoms with Crippen LogP contribution in [0.4, 0.5) is 0 Å². The van der Waals surface area contributed by atoms with Crippen molar-refractivity contribution in [2.45, 2.75) is 24.7 Å². The molecule has 0 radical (unpaired) electrons. The third-order valence-electron chi connectivity index (χ3n) is 4.14. The molecule has 0 saturated carbocycles. The molecule has 0 aliphatic heterocycles. The smallest absolute Gasteiger partial charge is 0.0639 e. The van der Waals surface area contributed by atoms with E-state index in [2.05, 4.69) is 79.8 Å². The molecule has 0 saturated heterocycles. The van der Waals surface area contributed by atoms with Crippen LogP contribution in [0.2, 0.25) is 13.1 Å². The molecule has 2 aromatic carbocycles. The van der Waals surface area contributed by atoms with Gasteiger partial charge >= 0.3 is 0 Å². The van der Waals surface area contributed by atoms with Gasteiger partial charge in [0.05, 0.1) is 8.07 Å². The van der Waals surface area contributed by atoms with Gasteiger partial charge in [-0.2, -0.15) is 0 Å². The monoisotopic (exact) mass is 422 g/mol. The van der Waals surface area contributed by atoms with Gasteiger partial charge in [0.2, 0.25) is 0 Å². The van der Waals surface area contributed by atoms with Crippen molar-refractivity contribution < 1.29 is 39.9 Å². The molecule has 0 aromatic heterocycles. The zero-order valence-corrected chi connectivity index (χ0v) is 15.3. The first kappa shape index (κ1) is 16.1. The Kier molecular flexibility index (Phi) is 5.36. The zero-order valence-electron chi connectivity index (χ0n) is 12.0. The average molecular weight is 422 g/mol. The SMILES string of the molecule is C[Si](C)(Cc1ccccc1)C1C=Cc2ccccc21.[Gd]. The maximum absolute atomic E-state index is 2.51. The van der Waals surface area contributed by atoms with Crippen molar-refractivity contribution in [2.24, 2.45) is 0 Å². The van der Waals surface area contributed by atoms with Gasteiger partial charge in [-0.3, -0.25) is 0 Å². The Morgan fingerprint density at radius 2 is 1.55 bits per heavy atom. The molecule has 0 amide bonds. The molecule has 20 heavy (non-hydrogen) atoms. The van der Waals surface area contributed by atoms with Gasteiger partial charge in [-0.15, -0.1) is 0 Å². The van der Waals surface area contributed by atoms with E-state index >= 15 is 0 Å². The number of rotatable bonds is 3. The Bertz CT molecular complexity index is 602. The molecule has 1 unspecified atom stereocenters. The van der Waals surface area contributed by atoms with Gasteiger partial charge in [-0.1, -0.05) is 85.4 Å². The molecule has 0 fully saturated rings. The summed E-state index contributed by atoms with van der Waals surface area (Å²) >= 11 is 0. The minimum absolute atomic E-state index is 0. The fourth-order valence-electron chi connectivity index (χ4n) is 3.16. The zero-order chi connectivity index (χ0) is 13.3. The van der Waals surface area contributed by atoms with Crippen molar-refractivity contribution in [3.63, 3.8) is 0 Å². The van der Waals surface area contributed by atoms with Crippen LogP contribution in [0.3, 0.4) is 0 Å². The molecule has 2 heteroatoms. The van der Waals surface area contributed by atoms with Crippen molar-refractivity contribution in [2.75, 3.05) is 0 Å². The second-order valence-electron chi connectivity index (χ2n) is 6.12. The van der Waals surface area contributed by atoms with E-state index in [-0.39, 0.29) is 39.9 Å². The fraction of sp³-hybridized carbons (Fsp3) is 0.222. The predicted octanol–water partition coefficient (Wildman–Crippen LogP) is 4.83. The number of hydrogen-bond donors (Lipinski definition) is 0.